The Hall–Kier alpha value is -4.27. The van der Waals surface area contributed by atoms with Crippen LogP contribution in [0, 0.1) is 15.9 Å². The Morgan fingerprint density at radius 1 is 1.13 bits per heavy atom. The number of carbonyl (C=O) groups excluding carboxylic acids is 1. The van der Waals surface area contributed by atoms with Gasteiger partial charge in [-0.15, -0.1) is 0 Å². The third-order valence-corrected chi connectivity index (χ3v) is 4.60. The molecule has 0 atom stereocenters. The number of hydrogen-bond acceptors (Lipinski definition) is 5. The van der Waals surface area contributed by atoms with E-state index in [0.29, 0.717) is 17.0 Å². The molecule has 4 aromatic rings. The number of nitro groups is 1. The van der Waals surface area contributed by atoms with Crippen molar-refractivity contribution in [2.45, 2.75) is 13.1 Å². The van der Waals surface area contributed by atoms with E-state index < -0.39 is 4.92 Å². The second-order valence-electron chi connectivity index (χ2n) is 6.78. The van der Waals surface area contributed by atoms with Gasteiger partial charge in [-0.25, -0.2) is 9.37 Å². The molecular weight excluding hydrogens is 403 g/mol. The largest absolute Gasteiger partial charge is 0.439 e. The van der Waals surface area contributed by atoms with Gasteiger partial charge in [-0.2, -0.15) is 0 Å². The van der Waals surface area contributed by atoms with Crippen LogP contribution in [0.15, 0.2) is 73.1 Å². The molecule has 8 nitrogen and oxygen atoms in total. The topological polar surface area (TPSA) is 99.3 Å². The van der Waals surface area contributed by atoms with E-state index in [1.165, 1.54) is 36.4 Å². The van der Waals surface area contributed by atoms with Crippen LogP contribution in [0.4, 0.5) is 10.1 Å². The van der Waals surface area contributed by atoms with E-state index in [0.717, 1.165) is 11.1 Å². The number of rotatable bonds is 7. The highest BCUT2D eigenvalue weighted by Crippen LogP contribution is 2.22. The Bertz CT molecular complexity index is 1250. The second-order valence-corrected chi connectivity index (χ2v) is 6.78. The lowest BCUT2D eigenvalue weighted by Crippen LogP contribution is -2.26. The van der Waals surface area contributed by atoms with Crippen molar-refractivity contribution in [1.29, 1.82) is 0 Å². The molecular formula is C22H17FN4O4. The number of nitrogens with zero attached hydrogens (tertiary/aromatic N) is 3. The van der Waals surface area contributed by atoms with E-state index in [-0.39, 0.29) is 30.5 Å². The first kappa shape index (κ1) is 20.0. The number of carbonyl (C=O) groups is 1. The van der Waals surface area contributed by atoms with E-state index in [1.807, 2.05) is 0 Å². The van der Waals surface area contributed by atoms with Gasteiger partial charge in [0.2, 0.25) is 11.8 Å². The van der Waals surface area contributed by atoms with Crippen molar-refractivity contribution in [3.05, 3.63) is 94.6 Å². The number of amides is 1. The first-order chi connectivity index (χ1) is 15.0. The summed E-state index contributed by atoms with van der Waals surface area (Å²) in [5.74, 6) is 0.213. The van der Waals surface area contributed by atoms with Crippen LogP contribution < -0.4 is 10.1 Å². The van der Waals surface area contributed by atoms with Crippen LogP contribution in [0.3, 0.4) is 0 Å². The maximum atomic E-state index is 13.0. The number of aromatic nitrogens is 2. The molecule has 0 fully saturated rings. The molecule has 0 aliphatic rings. The molecule has 4 rings (SSSR count). The van der Waals surface area contributed by atoms with Gasteiger partial charge in [0.05, 0.1) is 4.92 Å². The van der Waals surface area contributed by atoms with E-state index in [9.17, 15) is 19.3 Å². The number of pyridine rings is 1. The number of benzene rings is 2. The SMILES string of the molecule is O=C(Cn1ccc2cc([N+](=O)[O-])ccc21)NCc1ccnc(Oc2ccc(F)cc2)c1. The Morgan fingerprint density at radius 2 is 1.94 bits per heavy atom. The molecule has 0 saturated heterocycles. The fraction of sp³-hybridized carbons (Fsp3) is 0.0909. The molecule has 0 bridgehead atoms. The predicted molar refractivity (Wildman–Crippen MR) is 111 cm³/mol. The summed E-state index contributed by atoms with van der Waals surface area (Å²) in [6.07, 6.45) is 3.28. The summed E-state index contributed by atoms with van der Waals surface area (Å²) in [5, 5.41) is 14.4. The normalized spacial score (nSPS) is 10.7. The van der Waals surface area contributed by atoms with Crippen molar-refractivity contribution in [2.75, 3.05) is 0 Å². The lowest BCUT2D eigenvalue weighted by molar-refractivity contribution is -0.384. The fourth-order valence-electron chi connectivity index (χ4n) is 3.09. The first-order valence-electron chi connectivity index (χ1n) is 9.36. The summed E-state index contributed by atoms with van der Waals surface area (Å²) in [6.45, 7) is 0.344. The Balaban J connectivity index is 1.37. The molecule has 0 radical (unpaired) electrons. The highest BCUT2D eigenvalue weighted by molar-refractivity contribution is 5.85. The van der Waals surface area contributed by atoms with Crippen molar-refractivity contribution < 1.29 is 18.8 Å². The zero-order chi connectivity index (χ0) is 21.8. The number of non-ortho nitro benzene ring substituents is 1. The summed E-state index contributed by atoms with van der Waals surface area (Å²) in [6, 6.07) is 15.3. The summed E-state index contributed by atoms with van der Waals surface area (Å²) < 4.78 is 20.3. The Morgan fingerprint density at radius 3 is 2.71 bits per heavy atom. The third kappa shape index (κ3) is 4.84. The summed E-state index contributed by atoms with van der Waals surface area (Å²) >= 11 is 0. The molecule has 1 N–H and O–H groups in total. The van der Waals surface area contributed by atoms with E-state index >= 15 is 0 Å². The third-order valence-electron chi connectivity index (χ3n) is 4.60. The monoisotopic (exact) mass is 420 g/mol. The molecule has 0 aliphatic heterocycles. The summed E-state index contributed by atoms with van der Waals surface area (Å²) in [4.78, 5) is 26.9. The van der Waals surface area contributed by atoms with Gasteiger partial charge >= 0.3 is 0 Å². The van der Waals surface area contributed by atoms with Crippen LogP contribution in [-0.4, -0.2) is 20.4 Å². The number of halogens is 1. The fourth-order valence-corrected chi connectivity index (χ4v) is 3.09. The summed E-state index contributed by atoms with van der Waals surface area (Å²) in [5.41, 5.74) is 1.53. The van der Waals surface area contributed by atoms with Crippen molar-refractivity contribution in [3.63, 3.8) is 0 Å². The Kier molecular flexibility index (Phi) is 5.57. The van der Waals surface area contributed by atoms with Gasteiger partial charge in [0.25, 0.3) is 5.69 Å². The van der Waals surface area contributed by atoms with Crippen molar-refractivity contribution in [1.82, 2.24) is 14.9 Å². The number of fused-ring (bicyclic) bond motifs is 1. The van der Waals surface area contributed by atoms with Crippen LogP contribution in [-0.2, 0) is 17.9 Å². The minimum atomic E-state index is -0.452. The minimum absolute atomic E-state index is 0.00560. The average molecular weight is 420 g/mol. The van der Waals surface area contributed by atoms with E-state index in [4.69, 9.17) is 4.74 Å². The van der Waals surface area contributed by atoms with Crippen molar-refractivity contribution in [3.8, 4) is 11.6 Å². The number of hydrogen-bond donors (Lipinski definition) is 1. The van der Waals surface area contributed by atoms with Gasteiger partial charge in [-0.3, -0.25) is 14.9 Å². The molecule has 2 aromatic carbocycles. The van der Waals surface area contributed by atoms with E-state index in [2.05, 4.69) is 10.3 Å². The van der Waals surface area contributed by atoms with Crippen molar-refractivity contribution in [2.24, 2.45) is 0 Å². The van der Waals surface area contributed by atoms with Gasteiger partial charge in [0, 0.05) is 48.0 Å². The van der Waals surface area contributed by atoms with Gasteiger partial charge in [-0.05, 0) is 48.0 Å². The highest BCUT2D eigenvalue weighted by atomic mass is 19.1. The number of ether oxygens (including phenoxy) is 1. The molecule has 0 unspecified atom stereocenters. The van der Waals surface area contributed by atoms with E-state index in [1.54, 1.807) is 41.2 Å². The molecule has 2 aromatic heterocycles. The molecule has 156 valence electrons. The van der Waals surface area contributed by atoms with Gasteiger partial charge in [-0.1, -0.05) is 0 Å². The molecule has 0 spiro atoms. The van der Waals surface area contributed by atoms with Gasteiger partial charge in [0.15, 0.2) is 0 Å². The first-order valence-corrected chi connectivity index (χ1v) is 9.36. The number of nitro benzene ring substituents is 1. The zero-order valence-electron chi connectivity index (χ0n) is 16.2. The van der Waals surface area contributed by atoms with Crippen molar-refractivity contribution >= 4 is 22.5 Å². The highest BCUT2D eigenvalue weighted by Gasteiger charge is 2.11. The molecule has 9 heteroatoms. The second kappa shape index (κ2) is 8.62. The standard InChI is InChI=1S/C22H17FN4O4/c23-17-1-4-19(5-2-17)31-22-11-15(7-9-24-22)13-25-21(28)14-26-10-8-16-12-18(27(29)30)3-6-20(16)26/h1-12H,13-14H2,(H,25,28). The molecule has 0 saturated carbocycles. The van der Waals surface area contributed by atoms with Crippen LogP contribution in [0.2, 0.25) is 0 Å². The van der Waals surface area contributed by atoms with Gasteiger partial charge in [0.1, 0.15) is 18.1 Å². The van der Waals surface area contributed by atoms with Gasteiger partial charge < -0.3 is 14.6 Å². The number of nitrogens with one attached hydrogen (secondary N) is 1. The maximum Gasteiger partial charge on any atom is 0.270 e. The average Bonchev–Trinajstić information content (AvgIpc) is 3.16. The maximum absolute atomic E-state index is 13.0. The lowest BCUT2D eigenvalue weighted by Gasteiger charge is -2.09. The molecule has 31 heavy (non-hydrogen) atoms. The van der Waals surface area contributed by atoms with Crippen LogP contribution >= 0.6 is 0 Å². The lowest BCUT2D eigenvalue weighted by atomic mass is 10.2. The quantitative estimate of drug-likeness (QED) is 0.357. The minimum Gasteiger partial charge on any atom is -0.439 e. The smallest absolute Gasteiger partial charge is 0.270 e. The summed E-state index contributed by atoms with van der Waals surface area (Å²) in [7, 11) is 0. The molecule has 2 heterocycles. The predicted octanol–water partition coefficient (Wildman–Crippen LogP) is 4.19. The van der Waals surface area contributed by atoms with Crippen LogP contribution in [0.1, 0.15) is 5.56 Å². The molecule has 0 aliphatic carbocycles. The zero-order valence-corrected chi connectivity index (χ0v) is 16.2. The molecule has 1 amide bonds. The van der Waals surface area contributed by atoms with Crippen LogP contribution in [0.5, 0.6) is 11.6 Å². The van der Waals surface area contributed by atoms with Crippen LogP contribution in [0.25, 0.3) is 10.9 Å². The Labute approximate surface area is 176 Å².